The van der Waals surface area contributed by atoms with Gasteiger partial charge in [0.25, 0.3) is 0 Å². The second kappa shape index (κ2) is 7.89. The molecule has 0 atom stereocenters. The van der Waals surface area contributed by atoms with Crippen LogP contribution in [0.1, 0.15) is 5.69 Å². The number of thioether (sulfide) groups is 1. The Morgan fingerprint density at radius 3 is 2.72 bits per heavy atom. The van der Waals surface area contributed by atoms with Crippen molar-refractivity contribution in [1.29, 1.82) is 0 Å². The van der Waals surface area contributed by atoms with Gasteiger partial charge in [0.15, 0.2) is 22.5 Å². The van der Waals surface area contributed by atoms with Crippen LogP contribution in [0.2, 0.25) is 5.02 Å². The molecule has 0 bridgehead atoms. The first-order valence-electron chi connectivity index (χ1n) is 9.91. The average Bonchev–Trinajstić information content (AvgIpc) is 3.54. The van der Waals surface area contributed by atoms with Crippen molar-refractivity contribution in [3.8, 4) is 28.6 Å². The number of hydrogen-bond donors (Lipinski definition) is 0. The van der Waals surface area contributed by atoms with Crippen molar-refractivity contribution in [1.82, 2.24) is 24.1 Å². The number of ether oxygens (including phenoxy) is 2. The Labute approximate surface area is 192 Å². The van der Waals surface area contributed by atoms with E-state index in [0.717, 1.165) is 39.3 Å². The Balaban J connectivity index is 1.36. The lowest BCUT2D eigenvalue weighted by molar-refractivity contribution is 0.174. The number of rotatable bonds is 5. The average molecular weight is 462 g/mol. The highest BCUT2D eigenvalue weighted by Gasteiger charge is 2.20. The first-order chi connectivity index (χ1) is 15.7. The molecule has 1 aliphatic rings. The van der Waals surface area contributed by atoms with Crippen LogP contribution >= 0.6 is 23.4 Å². The normalized spacial score (nSPS) is 12.5. The SMILES string of the molecule is Clc1ccc2nc(CSc3nnc(-c4ccc5c(c4)OCO5)n3-c3ccccc3)cn2c1. The molecule has 2 aromatic carbocycles. The lowest BCUT2D eigenvalue weighted by Crippen LogP contribution is -1.99. The van der Waals surface area contributed by atoms with Crippen molar-refractivity contribution in [2.24, 2.45) is 0 Å². The minimum absolute atomic E-state index is 0.232. The van der Waals surface area contributed by atoms with Crippen LogP contribution in [-0.4, -0.2) is 30.9 Å². The molecule has 7 nitrogen and oxygen atoms in total. The largest absolute Gasteiger partial charge is 0.454 e. The molecule has 5 aromatic rings. The number of fused-ring (bicyclic) bond motifs is 2. The van der Waals surface area contributed by atoms with Gasteiger partial charge >= 0.3 is 0 Å². The number of halogens is 1. The van der Waals surface area contributed by atoms with Gasteiger partial charge in [-0.3, -0.25) is 4.57 Å². The third kappa shape index (κ3) is 3.47. The first kappa shape index (κ1) is 19.2. The van der Waals surface area contributed by atoms with E-state index in [1.54, 1.807) is 11.8 Å². The number of aromatic nitrogens is 5. The number of benzene rings is 2. The van der Waals surface area contributed by atoms with Crippen LogP contribution in [0, 0.1) is 0 Å². The van der Waals surface area contributed by atoms with Gasteiger partial charge in [-0.15, -0.1) is 10.2 Å². The van der Waals surface area contributed by atoms with Gasteiger partial charge in [-0.2, -0.15) is 0 Å². The first-order valence-corrected chi connectivity index (χ1v) is 11.3. The highest BCUT2D eigenvalue weighted by molar-refractivity contribution is 7.98. The number of hydrogen-bond acceptors (Lipinski definition) is 6. The van der Waals surface area contributed by atoms with Gasteiger partial charge in [0.2, 0.25) is 6.79 Å². The molecule has 0 amide bonds. The van der Waals surface area contributed by atoms with Crippen molar-refractivity contribution in [2.45, 2.75) is 10.9 Å². The Morgan fingerprint density at radius 2 is 1.81 bits per heavy atom. The van der Waals surface area contributed by atoms with Gasteiger partial charge < -0.3 is 13.9 Å². The van der Waals surface area contributed by atoms with Crippen LogP contribution in [0.3, 0.4) is 0 Å². The minimum Gasteiger partial charge on any atom is -0.454 e. The van der Waals surface area contributed by atoms with Crippen molar-refractivity contribution in [3.05, 3.63) is 83.8 Å². The summed E-state index contributed by atoms with van der Waals surface area (Å²) in [6.07, 6.45) is 3.83. The number of nitrogens with zero attached hydrogens (tertiary/aromatic N) is 5. The van der Waals surface area contributed by atoms with E-state index in [1.807, 2.05) is 77.5 Å². The molecule has 0 saturated heterocycles. The standard InChI is InChI=1S/C23H16ClN5O2S/c24-16-7-9-21-25-17(12-28(21)11-16)13-32-23-27-26-22(29(23)18-4-2-1-3-5-18)15-6-8-19-20(10-15)31-14-30-19/h1-12H,13-14H2. The predicted molar refractivity (Wildman–Crippen MR) is 123 cm³/mol. The summed E-state index contributed by atoms with van der Waals surface area (Å²) in [5, 5.41) is 10.5. The van der Waals surface area contributed by atoms with Crippen molar-refractivity contribution in [2.75, 3.05) is 6.79 Å². The van der Waals surface area contributed by atoms with Crippen LogP contribution < -0.4 is 9.47 Å². The molecule has 0 aliphatic carbocycles. The van der Waals surface area contributed by atoms with Gasteiger partial charge in [0.05, 0.1) is 10.7 Å². The fourth-order valence-electron chi connectivity index (χ4n) is 3.62. The van der Waals surface area contributed by atoms with Crippen LogP contribution in [0.25, 0.3) is 22.7 Å². The lowest BCUT2D eigenvalue weighted by atomic mass is 10.2. The Bertz CT molecular complexity index is 1430. The van der Waals surface area contributed by atoms with Crippen LogP contribution in [0.4, 0.5) is 0 Å². The Morgan fingerprint density at radius 1 is 0.938 bits per heavy atom. The molecule has 158 valence electrons. The Kier molecular flexibility index (Phi) is 4.74. The fourth-order valence-corrected chi connectivity index (χ4v) is 4.62. The van der Waals surface area contributed by atoms with E-state index in [1.165, 1.54) is 0 Å². The van der Waals surface area contributed by atoms with Gasteiger partial charge in [-0.05, 0) is 42.5 Å². The van der Waals surface area contributed by atoms with Crippen molar-refractivity contribution in [3.63, 3.8) is 0 Å². The quantitative estimate of drug-likeness (QED) is 0.333. The summed E-state index contributed by atoms with van der Waals surface area (Å²) < 4.78 is 15.0. The van der Waals surface area contributed by atoms with Gasteiger partial charge in [0.1, 0.15) is 5.65 Å². The molecule has 0 saturated carbocycles. The smallest absolute Gasteiger partial charge is 0.231 e. The molecule has 0 radical (unpaired) electrons. The Hall–Kier alpha value is -3.49. The van der Waals surface area contributed by atoms with Gasteiger partial charge in [0, 0.05) is 29.4 Å². The maximum atomic E-state index is 6.09. The van der Waals surface area contributed by atoms with Crippen molar-refractivity contribution >= 4 is 29.0 Å². The summed E-state index contributed by atoms with van der Waals surface area (Å²) in [5.74, 6) is 2.83. The fraction of sp³-hybridized carbons (Fsp3) is 0.0870. The second-order valence-corrected chi connectivity index (χ2v) is 8.56. The van der Waals surface area contributed by atoms with E-state index in [2.05, 4.69) is 19.7 Å². The molecule has 0 fully saturated rings. The molecule has 6 rings (SSSR count). The summed E-state index contributed by atoms with van der Waals surface area (Å²) in [7, 11) is 0. The summed E-state index contributed by atoms with van der Waals surface area (Å²) >= 11 is 7.67. The maximum absolute atomic E-state index is 6.09. The summed E-state index contributed by atoms with van der Waals surface area (Å²) in [6, 6.07) is 19.6. The third-order valence-corrected chi connectivity index (χ3v) is 6.28. The molecule has 0 N–H and O–H groups in total. The molecular formula is C23H16ClN5O2S. The maximum Gasteiger partial charge on any atom is 0.231 e. The van der Waals surface area contributed by atoms with Gasteiger partial charge in [-0.25, -0.2) is 4.98 Å². The van der Waals surface area contributed by atoms with Gasteiger partial charge in [-0.1, -0.05) is 41.6 Å². The predicted octanol–water partition coefficient (Wildman–Crippen LogP) is 5.26. The highest BCUT2D eigenvalue weighted by atomic mass is 35.5. The monoisotopic (exact) mass is 461 g/mol. The van der Waals surface area contributed by atoms with Crippen LogP contribution in [-0.2, 0) is 5.75 Å². The number of pyridine rings is 1. The lowest BCUT2D eigenvalue weighted by Gasteiger charge is -2.10. The topological polar surface area (TPSA) is 66.5 Å². The van der Waals surface area contributed by atoms with E-state index in [-0.39, 0.29) is 6.79 Å². The molecule has 32 heavy (non-hydrogen) atoms. The second-order valence-electron chi connectivity index (χ2n) is 7.18. The number of imidazole rings is 1. The van der Waals surface area contributed by atoms with E-state index in [4.69, 9.17) is 21.1 Å². The highest BCUT2D eigenvalue weighted by Crippen LogP contribution is 2.37. The molecule has 9 heteroatoms. The van der Waals surface area contributed by atoms with Crippen LogP contribution in [0.5, 0.6) is 11.5 Å². The zero-order chi connectivity index (χ0) is 21.5. The molecule has 0 spiro atoms. The molecule has 0 unspecified atom stereocenters. The van der Waals surface area contributed by atoms with E-state index in [0.29, 0.717) is 16.5 Å². The molecular weight excluding hydrogens is 446 g/mol. The van der Waals surface area contributed by atoms with E-state index < -0.39 is 0 Å². The molecule has 3 aromatic heterocycles. The molecule has 1 aliphatic heterocycles. The van der Waals surface area contributed by atoms with Crippen LogP contribution in [0.15, 0.2) is 78.2 Å². The zero-order valence-corrected chi connectivity index (χ0v) is 18.3. The van der Waals surface area contributed by atoms with E-state index >= 15 is 0 Å². The summed E-state index contributed by atoms with van der Waals surface area (Å²) in [6.45, 7) is 0.232. The summed E-state index contributed by atoms with van der Waals surface area (Å²) in [4.78, 5) is 4.67. The summed E-state index contributed by atoms with van der Waals surface area (Å²) in [5.41, 5.74) is 3.68. The third-order valence-electron chi connectivity index (χ3n) is 5.09. The zero-order valence-electron chi connectivity index (χ0n) is 16.7. The van der Waals surface area contributed by atoms with E-state index in [9.17, 15) is 0 Å². The van der Waals surface area contributed by atoms with Crippen molar-refractivity contribution < 1.29 is 9.47 Å². The minimum atomic E-state index is 0.232. The number of para-hydroxylation sites is 1. The molecule has 4 heterocycles.